The van der Waals surface area contributed by atoms with Crippen molar-refractivity contribution in [3.63, 3.8) is 0 Å². The topological polar surface area (TPSA) is 95.3 Å². The van der Waals surface area contributed by atoms with Gasteiger partial charge in [0.1, 0.15) is 6.61 Å². The molecule has 0 aliphatic rings. The van der Waals surface area contributed by atoms with E-state index in [2.05, 4.69) is 10.3 Å². The number of aromatic nitrogens is 1. The lowest BCUT2D eigenvalue weighted by Gasteiger charge is -2.02. The van der Waals surface area contributed by atoms with Gasteiger partial charge in [-0.1, -0.05) is 6.07 Å². The van der Waals surface area contributed by atoms with Gasteiger partial charge in [0.2, 0.25) is 5.91 Å². The minimum Gasteiger partial charge on any atom is -0.408 e. The molecule has 0 aliphatic heterocycles. The monoisotopic (exact) mass is 236 g/mol. The molecule has 0 bridgehead atoms. The molecular formula is C11H12N2O4. The first-order valence-electron chi connectivity index (χ1n) is 5.18. The van der Waals surface area contributed by atoms with Gasteiger partial charge in [-0.2, -0.15) is 0 Å². The second kappa shape index (κ2) is 4.84. The van der Waals surface area contributed by atoms with Crippen LogP contribution in [0.25, 0.3) is 11.1 Å². The van der Waals surface area contributed by atoms with Gasteiger partial charge in [0.25, 0.3) is 0 Å². The second-order valence-corrected chi connectivity index (χ2v) is 3.60. The Bertz CT molecular complexity index is 584. The first kappa shape index (κ1) is 11.4. The van der Waals surface area contributed by atoms with Crippen molar-refractivity contribution in [2.45, 2.75) is 6.42 Å². The van der Waals surface area contributed by atoms with Crippen molar-refractivity contribution < 1.29 is 14.3 Å². The first-order chi connectivity index (χ1) is 8.19. The standard InChI is InChI=1S/C11H12N2O4/c14-6-10(15)12-4-3-7-1-2-8-9(5-7)17-11(16)13-8/h1-2,5,14H,3-4,6H2,(H,12,15)(H,13,16). The molecule has 2 rings (SSSR count). The average Bonchev–Trinajstić information content (AvgIpc) is 2.68. The molecule has 1 amide bonds. The lowest BCUT2D eigenvalue weighted by atomic mass is 10.1. The number of benzene rings is 1. The van der Waals surface area contributed by atoms with E-state index < -0.39 is 18.3 Å². The highest BCUT2D eigenvalue weighted by molar-refractivity contribution is 5.77. The highest BCUT2D eigenvalue weighted by atomic mass is 16.4. The van der Waals surface area contributed by atoms with E-state index in [9.17, 15) is 9.59 Å². The molecule has 1 aromatic carbocycles. The smallest absolute Gasteiger partial charge is 0.408 e. The number of H-pyrrole nitrogens is 1. The summed E-state index contributed by atoms with van der Waals surface area (Å²) in [6, 6.07) is 5.35. The van der Waals surface area contributed by atoms with Gasteiger partial charge in [0.05, 0.1) is 5.52 Å². The molecule has 1 aromatic heterocycles. The van der Waals surface area contributed by atoms with E-state index in [1.54, 1.807) is 12.1 Å². The van der Waals surface area contributed by atoms with Crippen LogP contribution in [0.2, 0.25) is 0 Å². The number of carbonyl (C=O) groups is 1. The van der Waals surface area contributed by atoms with Crippen molar-refractivity contribution in [3.05, 3.63) is 34.3 Å². The zero-order valence-corrected chi connectivity index (χ0v) is 9.03. The van der Waals surface area contributed by atoms with Crippen molar-refractivity contribution in [1.29, 1.82) is 0 Å². The summed E-state index contributed by atoms with van der Waals surface area (Å²) in [5.41, 5.74) is 2.10. The fourth-order valence-electron chi connectivity index (χ4n) is 1.55. The minimum atomic E-state index is -0.508. The van der Waals surface area contributed by atoms with E-state index in [-0.39, 0.29) is 0 Å². The number of aliphatic hydroxyl groups is 1. The van der Waals surface area contributed by atoms with Crippen LogP contribution in [0.5, 0.6) is 0 Å². The molecule has 90 valence electrons. The van der Waals surface area contributed by atoms with E-state index >= 15 is 0 Å². The van der Waals surface area contributed by atoms with Gasteiger partial charge < -0.3 is 14.8 Å². The number of oxazole rings is 1. The normalized spacial score (nSPS) is 10.6. The quantitative estimate of drug-likeness (QED) is 0.683. The SMILES string of the molecule is O=C(CO)NCCc1ccc2[nH]c(=O)oc2c1. The first-order valence-corrected chi connectivity index (χ1v) is 5.18. The molecule has 0 saturated heterocycles. The Balaban J connectivity index is 2.04. The summed E-state index contributed by atoms with van der Waals surface area (Å²) in [4.78, 5) is 24.3. The Labute approximate surface area is 96.3 Å². The molecule has 0 atom stereocenters. The molecule has 0 unspecified atom stereocenters. The summed E-state index contributed by atoms with van der Waals surface area (Å²) in [5, 5.41) is 11.1. The average molecular weight is 236 g/mol. The number of aliphatic hydroxyl groups excluding tert-OH is 1. The number of carbonyl (C=O) groups excluding carboxylic acids is 1. The maximum atomic E-state index is 10.9. The van der Waals surface area contributed by atoms with Gasteiger partial charge in [-0.25, -0.2) is 4.79 Å². The highest BCUT2D eigenvalue weighted by Gasteiger charge is 2.03. The van der Waals surface area contributed by atoms with Crippen LogP contribution in [0.4, 0.5) is 0 Å². The zero-order valence-electron chi connectivity index (χ0n) is 9.03. The fourth-order valence-corrected chi connectivity index (χ4v) is 1.55. The summed E-state index contributed by atoms with van der Waals surface area (Å²) in [5.74, 6) is -0.884. The van der Waals surface area contributed by atoms with Crippen LogP contribution in [0.1, 0.15) is 5.56 Å². The third-order valence-corrected chi connectivity index (χ3v) is 2.36. The maximum absolute atomic E-state index is 10.9. The van der Waals surface area contributed by atoms with E-state index in [0.717, 1.165) is 5.56 Å². The molecule has 0 saturated carbocycles. The largest absolute Gasteiger partial charge is 0.417 e. The van der Waals surface area contributed by atoms with E-state index in [4.69, 9.17) is 9.52 Å². The Morgan fingerprint density at radius 1 is 1.47 bits per heavy atom. The lowest BCUT2D eigenvalue weighted by Crippen LogP contribution is -2.28. The van der Waals surface area contributed by atoms with Gasteiger partial charge in [0, 0.05) is 6.54 Å². The highest BCUT2D eigenvalue weighted by Crippen LogP contribution is 2.12. The second-order valence-electron chi connectivity index (χ2n) is 3.60. The number of aromatic amines is 1. The molecule has 6 heteroatoms. The number of amides is 1. The van der Waals surface area contributed by atoms with Crippen molar-refractivity contribution in [2.24, 2.45) is 0 Å². The minimum absolute atomic E-state index is 0.403. The molecular weight excluding hydrogens is 224 g/mol. The summed E-state index contributed by atoms with van der Waals surface area (Å²) in [6.45, 7) is -0.0781. The van der Waals surface area contributed by atoms with Gasteiger partial charge in [-0.3, -0.25) is 9.78 Å². The lowest BCUT2D eigenvalue weighted by molar-refractivity contribution is -0.123. The Hall–Kier alpha value is -2.08. The van der Waals surface area contributed by atoms with Crippen molar-refractivity contribution in [1.82, 2.24) is 10.3 Å². The van der Waals surface area contributed by atoms with Gasteiger partial charge in [-0.15, -0.1) is 0 Å². The van der Waals surface area contributed by atoms with Crippen molar-refractivity contribution in [2.75, 3.05) is 13.2 Å². The zero-order chi connectivity index (χ0) is 12.3. The Morgan fingerprint density at radius 3 is 3.06 bits per heavy atom. The molecule has 6 nitrogen and oxygen atoms in total. The van der Waals surface area contributed by atoms with Gasteiger partial charge in [0.15, 0.2) is 5.58 Å². The third kappa shape index (κ3) is 2.73. The number of hydrogen-bond acceptors (Lipinski definition) is 4. The van der Waals surface area contributed by atoms with E-state index in [0.29, 0.717) is 24.1 Å². The predicted octanol–water partition coefficient (Wildman–Crippen LogP) is -0.228. The summed E-state index contributed by atoms with van der Waals surface area (Å²) in [6.07, 6.45) is 0.608. The summed E-state index contributed by atoms with van der Waals surface area (Å²) < 4.78 is 4.92. The number of hydrogen-bond donors (Lipinski definition) is 3. The third-order valence-electron chi connectivity index (χ3n) is 2.36. The fraction of sp³-hybridized carbons (Fsp3) is 0.273. The van der Waals surface area contributed by atoms with Crippen LogP contribution in [0.15, 0.2) is 27.4 Å². The van der Waals surface area contributed by atoms with E-state index in [1.165, 1.54) is 0 Å². The molecule has 2 aromatic rings. The van der Waals surface area contributed by atoms with Crippen LogP contribution < -0.4 is 11.1 Å². The number of fused-ring (bicyclic) bond motifs is 1. The molecule has 0 spiro atoms. The maximum Gasteiger partial charge on any atom is 0.417 e. The molecule has 0 fully saturated rings. The predicted molar refractivity (Wildman–Crippen MR) is 60.6 cm³/mol. The van der Waals surface area contributed by atoms with Crippen LogP contribution in [0, 0.1) is 0 Å². The van der Waals surface area contributed by atoms with Gasteiger partial charge in [-0.05, 0) is 24.1 Å². The molecule has 3 N–H and O–H groups in total. The molecule has 1 heterocycles. The van der Waals surface area contributed by atoms with E-state index in [1.807, 2.05) is 6.07 Å². The molecule has 0 aliphatic carbocycles. The van der Waals surface area contributed by atoms with Crippen molar-refractivity contribution >= 4 is 17.0 Å². The molecule has 17 heavy (non-hydrogen) atoms. The Kier molecular flexibility index (Phi) is 3.24. The van der Waals surface area contributed by atoms with Crippen LogP contribution in [0.3, 0.4) is 0 Å². The van der Waals surface area contributed by atoms with Gasteiger partial charge >= 0.3 is 5.76 Å². The van der Waals surface area contributed by atoms with Crippen LogP contribution in [-0.2, 0) is 11.2 Å². The summed E-state index contributed by atoms with van der Waals surface area (Å²) >= 11 is 0. The summed E-state index contributed by atoms with van der Waals surface area (Å²) in [7, 11) is 0. The number of rotatable bonds is 4. The molecule has 0 radical (unpaired) electrons. The van der Waals surface area contributed by atoms with Crippen LogP contribution >= 0.6 is 0 Å². The van der Waals surface area contributed by atoms with Crippen molar-refractivity contribution in [3.8, 4) is 0 Å². The Morgan fingerprint density at radius 2 is 2.29 bits per heavy atom. The number of nitrogens with one attached hydrogen (secondary N) is 2. The van der Waals surface area contributed by atoms with Crippen LogP contribution in [-0.4, -0.2) is 29.1 Å².